The largest absolute Gasteiger partial charge is 0.486 e. The number of carbonyl (C=O) groups is 2. The first-order chi connectivity index (χ1) is 10.6. The lowest BCUT2D eigenvalue weighted by Gasteiger charge is -2.19. The van der Waals surface area contributed by atoms with E-state index < -0.39 is 22.9 Å². The summed E-state index contributed by atoms with van der Waals surface area (Å²) >= 11 is 1.30. The van der Waals surface area contributed by atoms with Gasteiger partial charge in [-0.1, -0.05) is 0 Å². The highest BCUT2D eigenvalue weighted by molar-refractivity contribution is 7.99. The number of thioether (sulfide) groups is 1. The second-order valence-corrected chi connectivity index (χ2v) is 5.87. The summed E-state index contributed by atoms with van der Waals surface area (Å²) in [6.45, 7) is 2.60. The molecule has 0 radical (unpaired) electrons. The van der Waals surface area contributed by atoms with Crippen LogP contribution < -0.4 is 14.8 Å². The maximum absolute atomic E-state index is 12.1. The van der Waals surface area contributed by atoms with E-state index in [-0.39, 0.29) is 0 Å². The maximum atomic E-state index is 12.1. The zero-order valence-electron chi connectivity index (χ0n) is 12.3. The average Bonchev–Trinajstić information content (AvgIpc) is 2.54. The summed E-state index contributed by atoms with van der Waals surface area (Å²) in [7, 11) is 0. The molecule has 0 bridgehead atoms. The number of ketones is 1. The Morgan fingerprint density at radius 3 is 2.64 bits per heavy atom. The number of nitriles is 1. The summed E-state index contributed by atoms with van der Waals surface area (Å²) in [5.41, 5.74) is 0.458. The number of benzene rings is 1. The fourth-order valence-corrected chi connectivity index (χ4v) is 2.31. The Kier molecular flexibility index (Phi) is 5.28. The van der Waals surface area contributed by atoms with E-state index in [1.165, 1.54) is 11.8 Å². The molecule has 1 aliphatic heterocycles. The molecule has 22 heavy (non-hydrogen) atoms. The molecule has 1 N–H and O–H groups in total. The van der Waals surface area contributed by atoms with E-state index in [0.717, 1.165) is 0 Å². The molecule has 0 aliphatic carbocycles. The number of carbonyl (C=O) groups excluding carboxylic acids is 2. The predicted molar refractivity (Wildman–Crippen MR) is 83.1 cm³/mol. The van der Waals surface area contributed by atoms with E-state index >= 15 is 0 Å². The van der Waals surface area contributed by atoms with E-state index in [1.54, 1.807) is 37.4 Å². The maximum Gasteiger partial charge on any atom is 0.249 e. The normalized spacial score (nSPS) is 15.3. The highest BCUT2D eigenvalue weighted by atomic mass is 32.2. The van der Waals surface area contributed by atoms with Crippen molar-refractivity contribution >= 4 is 29.1 Å². The summed E-state index contributed by atoms with van der Waals surface area (Å²) in [5.74, 6) is -1.22. The van der Waals surface area contributed by atoms with Crippen LogP contribution in [0.25, 0.3) is 0 Å². The van der Waals surface area contributed by atoms with Gasteiger partial charge in [-0.25, -0.2) is 0 Å². The van der Waals surface area contributed by atoms with Gasteiger partial charge in [0.25, 0.3) is 0 Å². The number of anilines is 1. The van der Waals surface area contributed by atoms with Gasteiger partial charge in [0.05, 0.1) is 11.3 Å². The van der Waals surface area contributed by atoms with Crippen LogP contribution in [-0.4, -0.2) is 36.4 Å². The molecule has 1 amide bonds. The third kappa shape index (κ3) is 3.52. The van der Waals surface area contributed by atoms with Crippen molar-refractivity contribution in [3.8, 4) is 17.6 Å². The molecule has 0 saturated heterocycles. The second kappa shape index (κ2) is 7.18. The Labute approximate surface area is 132 Å². The first kappa shape index (κ1) is 16.2. The summed E-state index contributed by atoms with van der Waals surface area (Å²) < 4.78 is 10.8. The molecule has 0 fully saturated rings. The molecule has 6 nitrogen and oxygen atoms in total. The highest BCUT2D eigenvalue weighted by Gasteiger charge is 2.30. The fourth-order valence-electron chi connectivity index (χ4n) is 1.94. The van der Waals surface area contributed by atoms with E-state index in [9.17, 15) is 9.59 Å². The second-order valence-electron chi connectivity index (χ2n) is 4.69. The van der Waals surface area contributed by atoms with Crippen LogP contribution in [0.2, 0.25) is 0 Å². The van der Waals surface area contributed by atoms with Crippen LogP contribution in [0.4, 0.5) is 5.69 Å². The van der Waals surface area contributed by atoms with Crippen molar-refractivity contribution in [1.29, 1.82) is 5.26 Å². The van der Waals surface area contributed by atoms with Gasteiger partial charge in [0.15, 0.2) is 23.2 Å². The standard InChI is InChI=1S/C15H16N2O4S/c1-9(22-2)14(18)11(8-16)15(19)17-10-3-4-12-13(7-10)21-6-5-20-12/h3-4,7,9,11H,5-6H2,1-2H3,(H,17,19). The minimum atomic E-state index is -1.32. The van der Waals surface area contributed by atoms with Crippen molar-refractivity contribution in [3.05, 3.63) is 18.2 Å². The number of ether oxygens (including phenoxy) is 2. The molecule has 2 rings (SSSR count). The van der Waals surface area contributed by atoms with Crippen molar-refractivity contribution in [1.82, 2.24) is 0 Å². The topological polar surface area (TPSA) is 88.4 Å². The Balaban J connectivity index is 2.10. The van der Waals surface area contributed by atoms with Gasteiger partial charge < -0.3 is 14.8 Å². The molecule has 1 aliphatic rings. The fraction of sp³-hybridized carbons (Fsp3) is 0.400. The van der Waals surface area contributed by atoms with Gasteiger partial charge in [-0.2, -0.15) is 17.0 Å². The molecule has 7 heteroatoms. The minimum absolute atomic E-state index is 0.398. The molecular formula is C15H16N2O4S. The van der Waals surface area contributed by atoms with Crippen LogP contribution in [-0.2, 0) is 9.59 Å². The first-order valence-electron chi connectivity index (χ1n) is 6.73. The number of hydrogen-bond donors (Lipinski definition) is 1. The van der Waals surface area contributed by atoms with Gasteiger partial charge in [-0.15, -0.1) is 0 Å². The van der Waals surface area contributed by atoms with Crippen LogP contribution in [0.1, 0.15) is 6.92 Å². The smallest absolute Gasteiger partial charge is 0.249 e. The number of nitrogens with zero attached hydrogens (tertiary/aromatic N) is 1. The summed E-state index contributed by atoms with van der Waals surface area (Å²) in [5, 5.41) is 11.3. The Morgan fingerprint density at radius 2 is 2.00 bits per heavy atom. The SMILES string of the molecule is CSC(C)C(=O)C(C#N)C(=O)Nc1ccc2c(c1)OCCO2. The third-order valence-electron chi connectivity index (χ3n) is 3.24. The molecule has 0 aromatic heterocycles. The number of Topliss-reactive ketones (excluding diaryl/α,β-unsaturated/α-hetero) is 1. The molecule has 116 valence electrons. The highest BCUT2D eigenvalue weighted by Crippen LogP contribution is 2.32. The average molecular weight is 320 g/mol. The summed E-state index contributed by atoms with van der Waals surface area (Å²) in [6.07, 6.45) is 1.76. The Morgan fingerprint density at radius 1 is 1.32 bits per heavy atom. The van der Waals surface area contributed by atoms with Crippen LogP contribution in [0.3, 0.4) is 0 Å². The third-order valence-corrected chi connectivity index (χ3v) is 4.18. The first-order valence-corrected chi connectivity index (χ1v) is 8.02. The van der Waals surface area contributed by atoms with E-state index in [1.807, 2.05) is 0 Å². The van der Waals surface area contributed by atoms with Crippen molar-refractivity contribution in [2.45, 2.75) is 12.2 Å². The van der Waals surface area contributed by atoms with Gasteiger partial charge in [0, 0.05) is 11.8 Å². The number of fused-ring (bicyclic) bond motifs is 1. The molecule has 0 spiro atoms. The van der Waals surface area contributed by atoms with E-state index in [4.69, 9.17) is 14.7 Å². The van der Waals surface area contributed by atoms with Crippen LogP contribution in [0, 0.1) is 17.2 Å². The van der Waals surface area contributed by atoms with Gasteiger partial charge >= 0.3 is 0 Å². The monoisotopic (exact) mass is 320 g/mol. The molecular weight excluding hydrogens is 304 g/mol. The van der Waals surface area contributed by atoms with Gasteiger partial charge in [0.1, 0.15) is 13.2 Å². The van der Waals surface area contributed by atoms with Crippen LogP contribution in [0.5, 0.6) is 11.5 Å². The lowest BCUT2D eigenvalue weighted by atomic mass is 10.0. The summed E-state index contributed by atoms with van der Waals surface area (Å²) in [4.78, 5) is 24.2. The Hall–Kier alpha value is -2.20. The van der Waals surface area contributed by atoms with E-state index in [0.29, 0.717) is 30.4 Å². The molecule has 1 heterocycles. The molecule has 0 saturated carbocycles. The quantitative estimate of drug-likeness (QED) is 0.833. The number of amides is 1. The lowest BCUT2D eigenvalue weighted by Crippen LogP contribution is -2.33. The van der Waals surface area contributed by atoms with Crippen molar-refractivity contribution in [3.63, 3.8) is 0 Å². The number of nitrogens with one attached hydrogen (secondary N) is 1. The van der Waals surface area contributed by atoms with Gasteiger partial charge in [-0.05, 0) is 25.3 Å². The van der Waals surface area contributed by atoms with Crippen molar-refractivity contribution in [2.75, 3.05) is 24.8 Å². The Bertz CT molecular complexity index is 626. The minimum Gasteiger partial charge on any atom is -0.486 e. The zero-order chi connectivity index (χ0) is 16.1. The molecule has 2 unspecified atom stereocenters. The van der Waals surface area contributed by atoms with Gasteiger partial charge in [0.2, 0.25) is 5.91 Å². The van der Waals surface area contributed by atoms with Crippen LogP contribution in [0.15, 0.2) is 18.2 Å². The van der Waals surface area contributed by atoms with Crippen molar-refractivity contribution < 1.29 is 19.1 Å². The number of rotatable bonds is 5. The summed E-state index contributed by atoms with van der Waals surface area (Å²) in [6, 6.07) is 6.70. The number of hydrogen-bond acceptors (Lipinski definition) is 6. The van der Waals surface area contributed by atoms with Gasteiger partial charge in [-0.3, -0.25) is 9.59 Å². The lowest BCUT2D eigenvalue weighted by molar-refractivity contribution is -0.128. The molecule has 2 atom stereocenters. The van der Waals surface area contributed by atoms with Crippen molar-refractivity contribution in [2.24, 2.45) is 5.92 Å². The van der Waals surface area contributed by atoms with Crippen LogP contribution >= 0.6 is 11.8 Å². The predicted octanol–water partition coefficient (Wildman–Crippen LogP) is 1.86. The zero-order valence-corrected chi connectivity index (χ0v) is 13.1. The van der Waals surface area contributed by atoms with E-state index in [2.05, 4.69) is 5.32 Å². The molecule has 1 aromatic carbocycles. The molecule has 1 aromatic rings.